The normalized spacial score (nSPS) is 14.9. The van der Waals surface area contributed by atoms with Crippen molar-refractivity contribution in [3.8, 4) is 17.1 Å². The number of aromatic amines is 2. The molecule has 3 aromatic heterocycles. The van der Waals surface area contributed by atoms with Crippen molar-refractivity contribution in [3.05, 3.63) is 42.5 Å². The van der Waals surface area contributed by atoms with E-state index in [1.165, 1.54) is 0 Å². The Hall–Kier alpha value is -3.75. The number of piperidine rings is 1. The maximum Gasteiger partial charge on any atom is 0.319 e. The van der Waals surface area contributed by atoms with Gasteiger partial charge in [-0.2, -0.15) is 4.40 Å². The first-order chi connectivity index (χ1) is 15.5. The molecule has 1 fully saturated rings. The number of aromatic nitrogens is 4. The third kappa shape index (κ3) is 3.21. The lowest BCUT2D eigenvalue weighted by Crippen LogP contribution is -2.44. The molecule has 5 rings (SSSR count). The van der Waals surface area contributed by atoms with E-state index in [1.54, 1.807) is 32.3 Å². The number of para-hydroxylation sites is 1. The summed E-state index contributed by atoms with van der Waals surface area (Å²) in [6.45, 7) is 1.45. The minimum atomic E-state index is 0.0635. The first-order valence-corrected chi connectivity index (χ1v) is 10.8. The molecule has 1 aliphatic heterocycles. The number of carbonyl (C=O) groups is 1. The van der Waals surface area contributed by atoms with Crippen molar-refractivity contribution in [2.24, 2.45) is 0 Å². The van der Waals surface area contributed by atoms with Crippen molar-refractivity contribution in [3.63, 3.8) is 0 Å². The number of nitrogen functional groups attached to an aromatic ring is 1. The van der Waals surface area contributed by atoms with Crippen LogP contribution in [0.5, 0.6) is 5.75 Å². The highest BCUT2D eigenvalue weighted by atomic mass is 16.5. The monoisotopic (exact) mass is 434 g/mol. The smallest absolute Gasteiger partial charge is 0.319 e. The molecule has 1 saturated heterocycles. The molecule has 2 amide bonds. The molecule has 0 aliphatic carbocycles. The van der Waals surface area contributed by atoms with Crippen LogP contribution in [0.1, 0.15) is 24.6 Å². The zero-order valence-electron chi connectivity index (χ0n) is 18.6. The van der Waals surface area contributed by atoms with Crippen LogP contribution >= 0.6 is 0 Å². The minimum Gasteiger partial charge on any atom is -0.495 e. The van der Waals surface area contributed by atoms with Gasteiger partial charge in [0.1, 0.15) is 11.9 Å². The second-order valence-electron chi connectivity index (χ2n) is 8.46. The number of benzene rings is 1. The second kappa shape index (κ2) is 7.74. The average Bonchev–Trinajstić information content (AvgIpc) is 3.41. The molecular weight excluding hydrogens is 406 g/mol. The molecule has 9 heteroatoms. The van der Waals surface area contributed by atoms with E-state index in [2.05, 4.69) is 31.5 Å². The van der Waals surface area contributed by atoms with E-state index in [1.807, 2.05) is 23.2 Å². The van der Waals surface area contributed by atoms with E-state index in [9.17, 15) is 4.79 Å². The Morgan fingerprint density at radius 3 is 2.78 bits per heavy atom. The molecule has 4 aromatic rings. The van der Waals surface area contributed by atoms with E-state index >= 15 is 0 Å². The van der Waals surface area contributed by atoms with Gasteiger partial charge in [-0.05, 0) is 25.0 Å². The summed E-state index contributed by atoms with van der Waals surface area (Å²) >= 11 is 0. The van der Waals surface area contributed by atoms with Crippen LogP contribution in [0, 0.1) is 0 Å². The fourth-order valence-electron chi connectivity index (χ4n) is 4.69. The molecule has 0 atom stereocenters. The molecule has 1 aliphatic rings. The highest BCUT2D eigenvalue weighted by Gasteiger charge is 2.33. The third-order valence-electron chi connectivity index (χ3n) is 6.30. The maximum atomic E-state index is 12.3. The lowest BCUT2D eigenvalue weighted by Gasteiger charge is -2.32. The fraction of sp³-hybridized carbons (Fsp3) is 0.348. The SMILES string of the molecule is COc1cccc2cc(-c3[nH]c(C4CCN(C(=O)N(C)C)CC4)[n+]4ccnc(N)c34)[nH]c12. The number of imidazole rings is 1. The van der Waals surface area contributed by atoms with E-state index in [0.717, 1.165) is 65.3 Å². The van der Waals surface area contributed by atoms with Crippen molar-refractivity contribution in [1.82, 2.24) is 24.8 Å². The number of rotatable bonds is 3. The van der Waals surface area contributed by atoms with Crippen LogP contribution in [0.15, 0.2) is 36.7 Å². The number of H-pyrrole nitrogens is 2. The average molecular weight is 435 g/mol. The quantitative estimate of drug-likeness (QED) is 0.431. The number of nitrogens with one attached hydrogen (secondary N) is 2. The van der Waals surface area contributed by atoms with E-state index < -0.39 is 0 Å². The maximum absolute atomic E-state index is 12.3. The molecule has 32 heavy (non-hydrogen) atoms. The lowest BCUT2D eigenvalue weighted by atomic mass is 9.96. The number of urea groups is 1. The van der Waals surface area contributed by atoms with E-state index in [-0.39, 0.29) is 11.9 Å². The number of nitrogens with zero attached hydrogens (tertiary/aromatic N) is 4. The standard InChI is InChI=1S/C23H27N7O2/c1-28(2)23(31)29-10-7-14(8-11-29)22-27-19(20-21(24)25-9-12-30(20)22)16-13-15-5-4-6-17(32-3)18(15)26-16/h4-6,9,12-14H,7-8,10-11H2,1-3H3,(H3,24,25,26)/p+1. The summed E-state index contributed by atoms with van der Waals surface area (Å²) in [6.07, 6.45) is 5.43. The predicted octanol–water partition coefficient (Wildman–Crippen LogP) is 2.75. The summed E-state index contributed by atoms with van der Waals surface area (Å²) in [6, 6.07) is 8.13. The molecular formula is C23H28N7O2+. The van der Waals surface area contributed by atoms with Gasteiger partial charge in [-0.3, -0.25) is 0 Å². The van der Waals surface area contributed by atoms with Gasteiger partial charge in [-0.1, -0.05) is 12.1 Å². The Morgan fingerprint density at radius 1 is 1.28 bits per heavy atom. The van der Waals surface area contributed by atoms with Gasteiger partial charge in [0.15, 0.2) is 11.5 Å². The van der Waals surface area contributed by atoms with Gasteiger partial charge in [-0.15, -0.1) is 0 Å². The van der Waals surface area contributed by atoms with Crippen LogP contribution in [0.3, 0.4) is 0 Å². The van der Waals surface area contributed by atoms with Gasteiger partial charge in [0.05, 0.1) is 30.4 Å². The lowest BCUT2D eigenvalue weighted by molar-refractivity contribution is -0.523. The van der Waals surface area contributed by atoms with Crippen molar-refractivity contribution in [2.75, 3.05) is 40.0 Å². The zero-order valence-corrected chi connectivity index (χ0v) is 18.6. The summed E-state index contributed by atoms with van der Waals surface area (Å²) in [5.41, 5.74) is 9.95. The molecule has 9 nitrogen and oxygen atoms in total. The van der Waals surface area contributed by atoms with E-state index in [0.29, 0.717) is 5.82 Å². The number of nitrogens with two attached hydrogens (primary N) is 1. The van der Waals surface area contributed by atoms with Gasteiger partial charge in [0.2, 0.25) is 5.52 Å². The largest absolute Gasteiger partial charge is 0.495 e. The number of likely N-dealkylation sites (tertiary alicyclic amines) is 1. The van der Waals surface area contributed by atoms with Crippen molar-refractivity contribution in [1.29, 1.82) is 0 Å². The molecule has 0 saturated carbocycles. The van der Waals surface area contributed by atoms with Crippen LogP contribution in [-0.4, -0.2) is 65.1 Å². The van der Waals surface area contributed by atoms with Gasteiger partial charge in [0.25, 0.3) is 5.82 Å². The minimum absolute atomic E-state index is 0.0635. The molecule has 1 aromatic carbocycles. The molecule has 0 unspecified atom stereocenters. The zero-order chi connectivity index (χ0) is 22.4. The van der Waals surface area contributed by atoms with Crippen LogP contribution in [0.4, 0.5) is 10.6 Å². The molecule has 0 spiro atoms. The Kier molecular flexibility index (Phi) is 4.88. The second-order valence-corrected chi connectivity index (χ2v) is 8.46. The van der Waals surface area contributed by atoms with Gasteiger partial charge in [-0.25, -0.2) is 14.8 Å². The number of fused-ring (bicyclic) bond motifs is 2. The molecule has 4 heterocycles. The van der Waals surface area contributed by atoms with Gasteiger partial charge >= 0.3 is 6.03 Å². The summed E-state index contributed by atoms with van der Waals surface area (Å²) in [4.78, 5) is 27.3. The number of anilines is 1. The Balaban J connectivity index is 1.56. The number of hydrogen-bond donors (Lipinski definition) is 3. The number of amides is 2. The number of ether oxygens (including phenoxy) is 1. The topological polar surface area (TPSA) is 107 Å². The van der Waals surface area contributed by atoms with Crippen molar-refractivity contribution in [2.45, 2.75) is 18.8 Å². The Labute approximate surface area is 185 Å². The third-order valence-corrected chi connectivity index (χ3v) is 6.30. The van der Waals surface area contributed by atoms with E-state index in [4.69, 9.17) is 10.5 Å². The highest BCUT2D eigenvalue weighted by Crippen LogP contribution is 2.34. The van der Waals surface area contributed by atoms with Crippen LogP contribution in [0.25, 0.3) is 27.8 Å². The molecule has 4 N–H and O–H groups in total. The summed E-state index contributed by atoms with van der Waals surface area (Å²) in [5.74, 6) is 2.62. The molecule has 0 bridgehead atoms. The highest BCUT2D eigenvalue weighted by molar-refractivity contribution is 5.92. The van der Waals surface area contributed by atoms with Gasteiger partial charge in [0, 0.05) is 32.6 Å². The van der Waals surface area contributed by atoms with Crippen LogP contribution in [-0.2, 0) is 0 Å². The Morgan fingerprint density at radius 2 is 2.06 bits per heavy atom. The van der Waals surface area contributed by atoms with Crippen molar-refractivity contribution < 1.29 is 13.9 Å². The summed E-state index contributed by atoms with van der Waals surface area (Å²) in [7, 11) is 5.25. The summed E-state index contributed by atoms with van der Waals surface area (Å²) in [5, 5.41) is 1.06. The van der Waals surface area contributed by atoms with Crippen LogP contribution in [0.2, 0.25) is 0 Å². The number of carbonyl (C=O) groups excluding carboxylic acids is 1. The first-order valence-electron chi connectivity index (χ1n) is 10.8. The first kappa shape index (κ1) is 20.2. The fourth-order valence-corrected chi connectivity index (χ4v) is 4.69. The van der Waals surface area contributed by atoms with Gasteiger partial charge < -0.3 is 25.3 Å². The predicted molar refractivity (Wildman–Crippen MR) is 123 cm³/mol. The number of methoxy groups -OCH3 is 1. The number of hydrogen-bond acceptors (Lipinski definition) is 4. The molecule has 0 radical (unpaired) electrons. The van der Waals surface area contributed by atoms with Crippen LogP contribution < -0.4 is 14.9 Å². The Bertz CT molecular complexity index is 1300. The van der Waals surface area contributed by atoms with Crippen molar-refractivity contribution >= 4 is 28.3 Å². The summed E-state index contributed by atoms with van der Waals surface area (Å²) < 4.78 is 7.62. The molecule has 166 valence electrons.